The van der Waals surface area contributed by atoms with E-state index >= 15 is 0 Å². The average molecular weight is 225 g/mol. The summed E-state index contributed by atoms with van der Waals surface area (Å²) in [6.07, 6.45) is 4.08. The maximum absolute atomic E-state index is 3.51. The summed E-state index contributed by atoms with van der Waals surface area (Å²) in [5.74, 6) is 0. The second-order valence-electron chi connectivity index (χ2n) is 5.38. The van der Waals surface area contributed by atoms with Crippen LogP contribution in [-0.4, -0.2) is 61.2 Å². The van der Waals surface area contributed by atoms with Crippen LogP contribution < -0.4 is 5.32 Å². The molecule has 0 spiro atoms. The van der Waals surface area contributed by atoms with Gasteiger partial charge in [-0.25, -0.2) is 0 Å². The van der Waals surface area contributed by atoms with Crippen molar-refractivity contribution < 1.29 is 0 Å². The Morgan fingerprint density at radius 2 is 2.12 bits per heavy atom. The summed E-state index contributed by atoms with van der Waals surface area (Å²) in [4.78, 5) is 5.37. The highest BCUT2D eigenvalue weighted by Gasteiger charge is 2.33. The molecule has 0 bridgehead atoms. The van der Waals surface area contributed by atoms with E-state index in [1.165, 1.54) is 45.4 Å². The summed E-state index contributed by atoms with van der Waals surface area (Å²) in [7, 11) is 0. The van der Waals surface area contributed by atoms with Gasteiger partial charge in [0.2, 0.25) is 0 Å². The van der Waals surface area contributed by atoms with Crippen molar-refractivity contribution in [3.05, 3.63) is 0 Å². The lowest BCUT2D eigenvalue weighted by Gasteiger charge is -2.42. The minimum absolute atomic E-state index is 0.748. The van der Waals surface area contributed by atoms with E-state index in [4.69, 9.17) is 0 Å². The molecule has 0 aromatic heterocycles. The highest BCUT2D eigenvalue weighted by atomic mass is 15.3. The number of nitrogens with one attached hydrogen (secondary N) is 1. The minimum Gasteiger partial charge on any atom is -0.315 e. The van der Waals surface area contributed by atoms with E-state index in [1.54, 1.807) is 0 Å². The fourth-order valence-corrected chi connectivity index (χ4v) is 3.08. The zero-order valence-electron chi connectivity index (χ0n) is 10.9. The van der Waals surface area contributed by atoms with Gasteiger partial charge in [0.15, 0.2) is 0 Å². The van der Waals surface area contributed by atoms with E-state index in [1.807, 2.05) is 0 Å². The largest absolute Gasteiger partial charge is 0.315 e. The van der Waals surface area contributed by atoms with Crippen LogP contribution in [0, 0.1) is 0 Å². The highest BCUT2D eigenvalue weighted by molar-refractivity contribution is 4.90. The summed E-state index contributed by atoms with van der Waals surface area (Å²) in [6, 6.07) is 1.61. The van der Waals surface area contributed by atoms with Crippen LogP contribution in [-0.2, 0) is 0 Å². The Morgan fingerprint density at radius 1 is 1.25 bits per heavy atom. The van der Waals surface area contributed by atoms with Crippen LogP contribution in [0.4, 0.5) is 0 Å². The van der Waals surface area contributed by atoms with Gasteiger partial charge in [-0.1, -0.05) is 6.92 Å². The van der Waals surface area contributed by atoms with E-state index in [-0.39, 0.29) is 0 Å². The van der Waals surface area contributed by atoms with E-state index in [9.17, 15) is 0 Å². The van der Waals surface area contributed by atoms with E-state index in [2.05, 4.69) is 29.0 Å². The van der Waals surface area contributed by atoms with Gasteiger partial charge in [-0.3, -0.25) is 9.80 Å². The number of hydrogen-bond acceptors (Lipinski definition) is 3. The van der Waals surface area contributed by atoms with E-state index in [0.29, 0.717) is 0 Å². The number of fused-ring (bicyclic) bond motifs is 1. The predicted molar refractivity (Wildman–Crippen MR) is 68.8 cm³/mol. The molecule has 2 saturated heterocycles. The third-order valence-electron chi connectivity index (χ3n) is 4.07. The lowest BCUT2D eigenvalue weighted by molar-refractivity contribution is 0.0604. The number of piperazine rings is 1. The first-order chi connectivity index (χ1) is 7.81. The van der Waals surface area contributed by atoms with Crippen molar-refractivity contribution >= 4 is 0 Å². The second-order valence-corrected chi connectivity index (χ2v) is 5.38. The molecule has 0 saturated carbocycles. The quantitative estimate of drug-likeness (QED) is 0.708. The SMILES string of the molecule is CCCNCCN1CC2CCCN2CC1C. The van der Waals surface area contributed by atoms with Crippen LogP contribution in [0.25, 0.3) is 0 Å². The minimum atomic E-state index is 0.748. The summed E-state index contributed by atoms with van der Waals surface area (Å²) >= 11 is 0. The summed E-state index contributed by atoms with van der Waals surface area (Å²) < 4.78 is 0. The normalized spacial score (nSPS) is 31.9. The zero-order valence-corrected chi connectivity index (χ0v) is 10.9. The van der Waals surface area contributed by atoms with Crippen molar-refractivity contribution in [2.75, 3.05) is 39.3 Å². The maximum atomic E-state index is 3.51. The summed E-state index contributed by atoms with van der Waals surface area (Å²) in [6.45, 7) is 12.1. The first-order valence-corrected chi connectivity index (χ1v) is 7.00. The molecule has 0 aromatic carbocycles. The molecule has 16 heavy (non-hydrogen) atoms. The molecule has 0 radical (unpaired) electrons. The molecule has 2 aliphatic heterocycles. The van der Waals surface area contributed by atoms with Gasteiger partial charge in [0.25, 0.3) is 0 Å². The predicted octanol–water partition coefficient (Wildman–Crippen LogP) is 1.15. The van der Waals surface area contributed by atoms with Crippen molar-refractivity contribution in [2.24, 2.45) is 0 Å². The summed E-state index contributed by atoms with van der Waals surface area (Å²) in [5, 5.41) is 3.51. The van der Waals surface area contributed by atoms with E-state index in [0.717, 1.165) is 25.2 Å². The molecule has 2 aliphatic rings. The van der Waals surface area contributed by atoms with Crippen molar-refractivity contribution in [3.8, 4) is 0 Å². The smallest absolute Gasteiger partial charge is 0.0224 e. The number of nitrogens with zero attached hydrogens (tertiary/aromatic N) is 2. The lowest BCUT2D eigenvalue weighted by Crippen LogP contribution is -2.56. The van der Waals surface area contributed by atoms with Gasteiger partial charge in [-0.2, -0.15) is 0 Å². The molecule has 0 amide bonds. The molecule has 94 valence electrons. The van der Waals surface area contributed by atoms with Crippen molar-refractivity contribution in [1.29, 1.82) is 0 Å². The van der Waals surface area contributed by atoms with Crippen LogP contribution >= 0.6 is 0 Å². The number of hydrogen-bond donors (Lipinski definition) is 1. The molecule has 3 nitrogen and oxygen atoms in total. The number of rotatable bonds is 5. The van der Waals surface area contributed by atoms with Crippen LogP contribution in [0.1, 0.15) is 33.1 Å². The molecular formula is C13H27N3. The van der Waals surface area contributed by atoms with Gasteiger partial charge in [-0.05, 0) is 39.3 Å². The average Bonchev–Trinajstić information content (AvgIpc) is 2.71. The topological polar surface area (TPSA) is 18.5 Å². The van der Waals surface area contributed by atoms with Gasteiger partial charge in [-0.15, -0.1) is 0 Å². The Bertz CT molecular complexity index is 207. The Hall–Kier alpha value is -0.120. The third kappa shape index (κ3) is 2.96. The second kappa shape index (κ2) is 5.99. The lowest BCUT2D eigenvalue weighted by atomic mass is 10.1. The standard InChI is InChI=1S/C13H27N3/c1-3-6-14-7-9-15-11-13-5-4-8-16(13)10-12(15)2/h12-14H,3-11H2,1-2H3. The summed E-state index contributed by atoms with van der Waals surface area (Å²) in [5.41, 5.74) is 0. The van der Waals surface area contributed by atoms with Gasteiger partial charge >= 0.3 is 0 Å². The van der Waals surface area contributed by atoms with Gasteiger partial charge < -0.3 is 5.32 Å². The Morgan fingerprint density at radius 3 is 2.94 bits per heavy atom. The van der Waals surface area contributed by atoms with Crippen LogP contribution in [0.2, 0.25) is 0 Å². The molecule has 2 heterocycles. The first kappa shape index (κ1) is 12.3. The molecule has 2 unspecified atom stereocenters. The van der Waals surface area contributed by atoms with Crippen LogP contribution in [0.5, 0.6) is 0 Å². The molecule has 1 N–H and O–H groups in total. The molecular weight excluding hydrogens is 198 g/mol. The third-order valence-corrected chi connectivity index (χ3v) is 4.07. The Kier molecular flexibility index (Phi) is 4.62. The van der Waals surface area contributed by atoms with Crippen molar-refractivity contribution in [3.63, 3.8) is 0 Å². The molecule has 2 atom stereocenters. The molecule has 2 fully saturated rings. The van der Waals surface area contributed by atoms with Gasteiger partial charge in [0, 0.05) is 38.3 Å². The Balaban J connectivity index is 1.72. The van der Waals surface area contributed by atoms with E-state index < -0.39 is 0 Å². The van der Waals surface area contributed by atoms with Gasteiger partial charge in [0.05, 0.1) is 0 Å². The maximum Gasteiger partial charge on any atom is 0.0224 e. The van der Waals surface area contributed by atoms with Crippen molar-refractivity contribution in [2.45, 2.75) is 45.2 Å². The fourth-order valence-electron chi connectivity index (χ4n) is 3.08. The molecule has 0 aliphatic carbocycles. The molecule has 2 rings (SSSR count). The van der Waals surface area contributed by atoms with Crippen LogP contribution in [0.15, 0.2) is 0 Å². The molecule has 0 aromatic rings. The van der Waals surface area contributed by atoms with Gasteiger partial charge in [0.1, 0.15) is 0 Å². The first-order valence-electron chi connectivity index (χ1n) is 7.00. The Labute approximate surface area is 100 Å². The monoisotopic (exact) mass is 225 g/mol. The van der Waals surface area contributed by atoms with Crippen LogP contribution in [0.3, 0.4) is 0 Å². The zero-order chi connectivity index (χ0) is 11.4. The molecule has 3 heteroatoms. The fraction of sp³-hybridized carbons (Fsp3) is 1.00. The highest BCUT2D eigenvalue weighted by Crippen LogP contribution is 2.23. The van der Waals surface area contributed by atoms with Crippen molar-refractivity contribution in [1.82, 2.24) is 15.1 Å².